The molecule has 1 aliphatic carbocycles. The first-order valence-electron chi connectivity index (χ1n) is 8.43. The SMILES string of the molecule is Fc1ccc(SCCSc2nnc(-c3ccccc3F)n2C2CC2)cc1. The Balaban J connectivity index is 1.44. The first-order valence-corrected chi connectivity index (χ1v) is 10.4. The Hall–Kier alpha value is -1.86. The highest BCUT2D eigenvalue weighted by molar-refractivity contribution is 8.02. The Bertz CT molecular complexity index is 892. The van der Waals surface area contributed by atoms with E-state index in [0.717, 1.165) is 34.4 Å². The van der Waals surface area contributed by atoms with Gasteiger partial charge in [0.2, 0.25) is 0 Å². The zero-order chi connectivity index (χ0) is 17.9. The molecule has 0 atom stereocenters. The zero-order valence-electron chi connectivity index (χ0n) is 13.9. The third-order valence-corrected chi connectivity index (χ3v) is 6.31. The summed E-state index contributed by atoms with van der Waals surface area (Å²) in [7, 11) is 0. The van der Waals surface area contributed by atoms with E-state index < -0.39 is 0 Å². The van der Waals surface area contributed by atoms with Crippen molar-refractivity contribution in [2.45, 2.75) is 28.9 Å². The summed E-state index contributed by atoms with van der Waals surface area (Å²) in [6, 6.07) is 13.6. The molecule has 2 aromatic carbocycles. The van der Waals surface area contributed by atoms with E-state index in [1.807, 2.05) is 6.07 Å². The van der Waals surface area contributed by atoms with Gasteiger partial charge in [-0.15, -0.1) is 22.0 Å². The van der Waals surface area contributed by atoms with Crippen molar-refractivity contribution < 1.29 is 8.78 Å². The third-order valence-electron chi connectivity index (χ3n) is 4.09. The van der Waals surface area contributed by atoms with Gasteiger partial charge in [0.05, 0.1) is 5.56 Å². The largest absolute Gasteiger partial charge is 0.299 e. The average molecular weight is 389 g/mol. The summed E-state index contributed by atoms with van der Waals surface area (Å²) in [6.07, 6.45) is 2.16. The highest BCUT2D eigenvalue weighted by Crippen LogP contribution is 2.41. The maximum atomic E-state index is 14.2. The molecular weight excluding hydrogens is 372 g/mol. The van der Waals surface area contributed by atoms with E-state index in [9.17, 15) is 8.78 Å². The molecule has 1 aliphatic rings. The number of hydrogen-bond acceptors (Lipinski definition) is 4. The highest BCUT2D eigenvalue weighted by Gasteiger charge is 2.30. The smallest absolute Gasteiger partial charge is 0.191 e. The fraction of sp³-hybridized carbons (Fsp3) is 0.263. The van der Waals surface area contributed by atoms with Crippen LogP contribution in [-0.2, 0) is 0 Å². The average Bonchev–Trinajstić information content (AvgIpc) is 3.41. The van der Waals surface area contributed by atoms with E-state index in [1.54, 1.807) is 47.8 Å². The van der Waals surface area contributed by atoms with Crippen LogP contribution in [0.3, 0.4) is 0 Å². The number of nitrogens with zero attached hydrogens (tertiary/aromatic N) is 3. The van der Waals surface area contributed by atoms with Crippen molar-refractivity contribution in [2.24, 2.45) is 0 Å². The molecule has 7 heteroatoms. The number of aromatic nitrogens is 3. The van der Waals surface area contributed by atoms with Crippen LogP contribution in [0.4, 0.5) is 8.78 Å². The van der Waals surface area contributed by atoms with E-state index in [-0.39, 0.29) is 11.6 Å². The molecule has 0 radical (unpaired) electrons. The van der Waals surface area contributed by atoms with Gasteiger partial charge in [0, 0.05) is 22.4 Å². The lowest BCUT2D eigenvalue weighted by Gasteiger charge is -2.09. The quantitative estimate of drug-likeness (QED) is 0.397. The van der Waals surface area contributed by atoms with Crippen LogP contribution in [0.1, 0.15) is 18.9 Å². The molecule has 1 heterocycles. The molecule has 0 spiro atoms. The molecule has 3 aromatic rings. The Morgan fingerprint density at radius 2 is 1.65 bits per heavy atom. The number of halogens is 2. The van der Waals surface area contributed by atoms with Crippen LogP contribution in [0.2, 0.25) is 0 Å². The lowest BCUT2D eigenvalue weighted by Crippen LogP contribution is -2.01. The maximum Gasteiger partial charge on any atom is 0.191 e. The Morgan fingerprint density at radius 1 is 0.923 bits per heavy atom. The molecule has 3 nitrogen and oxygen atoms in total. The van der Waals surface area contributed by atoms with Crippen LogP contribution in [-0.4, -0.2) is 26.3 Å². The Kier molecular flexibility index (Phi) is 5.26. The van der Waals surface area contributed by atoms with Crippen LogP contribution in [0.25, 0.3) is 11.4 Å². The van der Waals surface area contributed by atoms with Gasteiger partial charge in [-0.1, -0.05) is 23.9 Å². The van der Waals surface area contributed by atoms with Gasteiger partial charge in [-0.3, -0.25) is 4.57 Å². The summed E-state index contributed by atoms with van der Waals surface area (Å²) in [6.45, 7) is 0. The van der Waals surface area contributed by atoms with Crippen LogP contribution < -0.4 is 0 Å². The van der Waals surface area contributed by atoms with Gasteiger partial charge in [0.15, 0.2) is 11.0 Å². The molecule has 0 amide bonds. The maximum absolute atomic E-state index is 14.2. The molecule has 0 bridgehead atoms. The molecule has 0 N–H and O–H groups in total. The highest BCUT2D eigenvalue weighted by atomic mass is 32.2. The summed E-state index contributed by atoms with van der Waals surface area (Å²) < 4.78 is 29.2. The number of rotatable bonds is 7. The molecule has 1 fully saturated rings. The topological polar surface area (TPSA) is 30.7 Å². The van der Waals surface area contributed by atoms with Crippen LogP contribution in [0.5, 0.6) is 0 Å². The van der Waals surface area contributed by atoms with Crippen molar-refractivity contribution in [3.8, 4) is 11.4 Å². The molecule has 0 unspecified atom stereocenters. The van der Waals surface area contributed by atoms with Gasteiger partial charge in [0.1, 0.15) is 11.6 Å². The molecule has 1 aromatic heterocycles. The summed E-state index contributed by atoms with van der Waals surface area (Å²) >= 11 is 3.31. The molecular formula is C19H17F2N3S2. The molecule has 26 heavy (non-hydrogen) atoms. The monoisotopic (exact) mass is 389 g/mol. The second-order valence-corrected chi connectivity index (χ2v) is 8.27. The summed E-state index contributed by atoms with van der Waals surface area (Å²) in [4.78, 5) is 1.04. The lowest BCUT2D eigenvalue weighted by atomic mass is 10.2. The van der Waals surface area contributed by atoms with Crippen LogP contribution in [0.15, 0.2) is 58.6 Å². The van der Waals surface area contributed by atoms with E-state index in [2.05, 4.69) is 14.8 Å². The Morgan fingerprint density at radius 3 is 2.38 bits per heavy atom. The Labute approximate surface area is 159 Å². The molecule has 134 valence electrons. The molecule has 0 saturated heterocycles. The second-order valence-electron chi connectivity index (χ2n) is 6.04. The minimum Gasteiger partial charge on any atom is -0.299 e. The van der Waals surface area contributed by atoms with Gasteiger partial charge in [-0.05, 0) is 49.2 Å². The summed E-state index contributed by atoms with van der Waals surface area (Å²) in [5.74, 6) is 1.85. The van der Waals surface area contributed by atoms with Gasteiger partial charge in [0.25, 0.3) is 0 Å². The van der Waals surface area contributed by atoms with Gasteiger partial charge in [-0.2, -0.15) is 0 Å². The van der Waals surface area contributed by atoms with E-state index >= 15 is 0 Å². The van der Waals surface area contributed by atoms with E-state index in [1.165, 1.54) is 18.2 Å². The lowest BCUT2D eigenvalue weighted by molar-refractivity contribution is 0.622. The summed E-state index contributed by atoms with van der Waals surface area (Å²) in [5, 5.41) is 9.40. The van der Waals surface area contributed by atoms with E-state index in [0.29, 0.717) is 17.4 Å². The van der Waals surface area contributed by atoms with Crippen molar-refractivity contribution in [3.05, 3.63) is 60.2 Å². The zero-order valence-corrected chi connectivity index (χ0v) is 15.6. The normalized spacial score (nSPS) is 13.9. The van der Waals surface area contributed by atoms with Crippen molar-refractivity contribution in [2.75, 3.05) is 11.5 Å². The number of benzene rings is 2. The van der Waals surface area contributed by atoms with Crippen molar-refractivity contribution >= 4 is 23.5 Å². The summed E-state index contributed by atoms with van der Waals surface area (Å²) in [5.41, 5.74) is 0.499. The van der Waals surface area contributed by atoms with Gasteiger partial charge < -0.3 is 0 Å². The first kappa shape index (κ1) is 17.5. The molecule has 0 aliphatic heterocycles. The standard InChI is InChI=1S/C19H17F2N3S2/c20-13-5-9-15(10-6-13)25-11-12-26-19-23-22-18(24(19)14-7-8-14)16-3-1-2-4-17(16)21/h1-6,9-10,14H,7-8,11-12H2. The number of thioether (sulfide) groups is 2. The van der Waals surface area contributed by atoms with Gasteiger partial charge >= 0.3 is 0 Å². The minimum absolute atomic E-state index is 0.220. The fourth-order valence-electron chi connectivity index (χ4n) is 2.69. The number of hydrogen-bond donors (Lipinski definition) is 0. The van der Waals surface area contributed by atoms with Gasteiger partial charge in [-0.25, -0.2) is 8.78 Å². The molecule has 4 rings (SSSR count). The molecule has 1 saturated carbocycles. The van der Waals surface area contributed by atoms with E-state index in [4.69, 9.17) is 0 Å². The van der Waals surface area contributed by atoms with Crippen molar-refractivity contribution in [3.63, 3.8) is 0 Å². The fourth-order valence-corrected chi connectivity index (χ4v) is 4.57. The van der Waals surface area contributed by atoms with Crippen molar-refractivity contribution in [1.82, 2.24) is 14.8 Å². The van der Waals surface area contributed by atoms with Crippen LogP contribution in [0, 0.1) is 11.6 Å². The third kappa shape index (κ3) is 3.94. The van der Waals surface area contributed by atoms with Crippen LogP contribution >= 0.6 is 23.5 Å². The van der Waals surface area contributed by atoms with Crippen molar-refractivity contribution in [1.29, 1.82) is 0 Å². The first-order chi connectivity index (χ1) is 12.7. The predicted molar refractivity (Wildman–Crippen MR) is 102 cm³/mol. The second kappa shape index (κ2) is 7.80. The minimum atomic E-state index is -0.273. The predicted octanol–water partition coefficient (Wildman–Crippen LogP) is 5.44.